The van der Waals surface area contributed by atoms with Crippen LogP contribution in [0, 0.1) is 0 Å². The Bertz CT molecular complexity index is 1090. The average molecular weight is 679 g/mol. The lowest BCUT2D eigenvalue weighted by Gasteiger charge is -2.10. The van der Waals surface area contributed by atoms with E-state index in [1.54, 1.807) is 0 Å². The number of hydrogen-bond donors (Lipinski definition) is 3. The standard InChI is InChI=1S/3C6H14N2.3C5H4O3/c3*1-3-8-5-4-7(2)6-8;3*6-5(7)4-2-1-3-8-4/h3*3-6H2,1-2H3;3*1-3H,(H,6,7). The second-order valence-corrected chi connectivity index (χ2v) is 11.1. The third-order valence-electron chi connectivity index (χ3n) is 7.26. The summed E-state index contributed by atoms with van der Waals surface area (Å²) in [6, 6.07) is 8.77. The topological polar surface area (TPSA) is 171 Å². The second kappa shape index (κ2) is 24.2. The third-order valence-corrected chi connectivity index (χ3v) is 7.26. The van der Waals surface area contributed by atoms with Crippen molar-refractivity contribution in [1.29, 1.82) is 0 Å². The normalized spacial score (nSPS) is 16.9. The molecule has 3 aliphatic rings. The number of likely N-dealkylation sites (N-methyl/N-ethyl adjacent to an activating group) is 6. The monoisotopic (exact) mass is 678 g/mol. The molecule has 3 saturated heterocycles. The number of carbonyl (C=O) groups is 3. The van der Waals surface area contributed by atoms with Gasteiger partial charge in [0.2, 0.25) is 17.3 Å². The number of furan rings is 3. The van der Waals surface area contributed by atoms with Crippen LogP contribution >= 0.6 is 0 Å². The Morgan fingerprint density at radius 3 is 0.854 bits per heavy atom. The lowest BCUT2D eigenvalue weighted by Crippen LogP contribution is -2.22. The summed E-state index contributed by atoms with van der Waals surface area (Å²) in [5.41, 5.74) is 0. The van der Waals surface area contributed by atoms with Gasteiger partial charge in [-0.15, -0.1) is 0 Å². The Balaban J connectivity index is 0.000000288. The Morgan fingerprint density at radius 2 is 0.771 bits per heavy atom. The molecule has 3 aromatic heterocycles. The molecular formula is C33H54N6O9. The van der Waals surface area contributed by atoms with Crippen molar-refractivity contribution in [3.8, 4) is 0 Å². The molecule has 0 atom stereocenters. The van der Waals surface area contributed by atoms with Gasteiger partial charge in [-0.1, -0.05) is 20.8 Å². The van der Waals surface area contributed by atoms with E-state index in [0.29, 0.717) is 0 Å². The maximum atomic E-state index is 9.97. The molecule has 0 bridgehead atoms. The number of rotatable bonds is 6. The highest BCUT2D eigenvalue weighted by Gasteiger charge is 2.14. The fraction of sp³-hybridized carbons (Fsp3) is 0.545. The lowest BCUT2D eigenvalue weighted by atomic mass is 10.5. The van der Waals surface area contributed by atoms with E-state index in [2.05, 4.69) is 84.6 Å². The van der Waals surface area contributed by atoms with Gasteiger partial charge in [-0.3, -0.25) is 29.4 Å². The van der Waals surface area contributed by atoms with Crippen LogP contribution in [-0.4, -0.2) is 163 Å². The van der Waals surface area contributed by atoms with Gasteiger partial charge in [0, 0.05) is 39.3 Å². The van der Waals surface area contributed by atoms with E-state index in [-0.39, 0.29) is 17.3 Å². The summed E-state index contributed by atoms with van der Waals surface area (Å²) >= 11 is 0. The van der Waals surface area contributed by atoms with Gasteiger partial charge in [0.15, 0.2) is 0 Å². The molecule has 0 amide bonds. The van der Waals surface area contributed by atoms with Crippen molar-refractivity contribution < 1.29 is 43.0 Å². The summed E-state index contributed by atoms with van der Waals surface area (Å²) < 4.78 is 13.5. The number of carboxylic acids is 3. The van der Waals surface area contributed by atoms with Crippen LogP contribution in [0.15, 0.2) is 68.4 Å². The van der Waals surface area contributed by atoms with Crippen LogP contribution in [-0.2, 0) is 0 Å². The minimum absolute atomic E-state index is 0.0231. The summed E-state index contributed by atoms with van der Waals surface area (Å²) in [7, 11) is 6.49. The molecule has 6 rings (SSSR count). The van der Waals surface area contributed by atoms with Gasteiger partial charge in [-0.05, 0) is 77.2 Å². The zero-order valence-electron chi connectivity index (χ0n) is 29.2. The van der Waals surface area contributed by atoms with E-state index in [4.69, 9.17) is 15.3 Å². The molecule has 0 unspecified atom stereocenters. The van der Waals surface area contributed by atoms with E-state index >= 15 is 0 Å². The minimum Gasteiger partial charge on any atom is -0.475 e. The molecule has 15 nitrogen and oxygen atoms in total. The average Bonchev–Trinajstić information content (AvgIpc) is 3.91. The molecule has 3 aromatic rings. The SMILES string of the molecule is CCN1CCN(C)C1.CCN1CCN(C)C1.CCN1CCN(C)C1.O=C(O)c1ccco1.O=C(O)c1ccco1.O=C(O)c1ccco1. The number of aromatic carboxylic acids is 3. The Labute approximate surface area is 283 Å². The first-order chi connectivity index (χ1) is 22.9. The van der Waals surface area contributed by atoms with E-state index in [1.165, 1.54) is 114 Å². The highest BCUT2D eigenvalue weighted by molar-refractivity contribution is 5.84. The van der Waals surface area contributed by atoms with Crippen LogP contribution in [0.4, 0.5) is 0 Å². The fourth-order valence-electron chi connectivity index (χ4n) is 4.36. The molecule has 6 heterocycles. The van der Waals surface area contributed by atoms with Crippen molar-refractivity contribution in [3.63, 3.8) is 0 Å². The molecule has 3 aliphatic heterocycles. The summed E-state index contributed by atoms with van der Waals surface area (Å²) in [5.74, 6) is -3.17. The maximum absolute atomic E-state index is 9.97. The highest BCUT2D eigenvalue weighted by Crippen LogP contribution is 2.01. The molecule has 0 aromatic carbocycles. The molecule has 0 radical (unpaired) electrons. The van der Waals surface area contributed by atoms with Crippen LogP contribution in [0.25, 0.3) is 0 Å². The van der Waals surface area contributed by atoms with Crippen molar-refractivity contribution in [2.75, 3.05) is 100 Å². The van der Waals surface area contributed by atoms with Gasteiger partial charge in [0.05, 0.1) is 38.8 Å². The van der Waals surface area contributed by atoms with Crippen LogP contribution in [0.5, 0.6) is 0 Å². The molecular weight excluding hydrogens is 624 g/mol. The van der Waals surface area contributed by atoms with Crippen molar-refractivity contribution in [2.45, 2.75) is 20.8 Å². The molecule has 0 spiro atoms. The van der Waals surface area contributed by atoms with Gasteiger partial charge >= 0.3 is 17.9 Å². The number of hydrogen-bond acceptors (Lipinski definition) is 12. The van der Waals surface area contributed by atoms with Crippen LogP contribution in [0.2, 0.25) is 0 Å². The van der Waals surface area contributed by atoms with Crippen LogP contribution in [0.3, 0.4) is 0 Å². The summed E-state index contributed by atoms with van der Waals surface area (Å²) in [6.45, 7) is 21.2. The predicted molar refractivity (Wildman–Crippen MR) is 181 cm³/mol. The molecule has 3 N–H and O–H groups in total. The molecule has 48 heavy (non-hydrogen) atoms. The summed E-state index contributed by atoms with van der Waals surface area (Å²) in [5, 5.41) is 24.5. The first-order valence-corrected chi connectivity index (χ1v) is 15.9. The molecule has 15 heteroatoms. The maximum Gasteiger partial charge on any atom is 0.371 e. The second-order valence-electron chi connectivity index (χ2n) is 11.1. The van der Waals surface area contributed by atoms with Gasteiger partial charge in [-0.25, -0.2) is 14.4 Å². The summed E-state index contributed by atoms with van der Waals surface area (Å²) in [4.78, 5) is 44.2. The van der Waals surface area contributed by atoms with Crippen molar-refractivity contribution in [3.05, 3.63) is 72.5 Å². The Kier molecular flexibility index (Phi) is 21.2. The molecule has 270 valence electrons. The van der Waals surface area contributed by atoms with E-state index < -0.39 is 17.9 Å². The minimum atomic E-state index is -1.03. The lowest BCUT2D eigenvalue weighted by molar-refractivity contribution is 0.0652. The van der Waals surface area contributed by atoms with Crippen molar-refractivity contribution in [1.82, 2.24) is 29.4 Å². The zero-order valence-corrected chi connectivity index (χ0v) is 29.2. The number of nitrogens with zero attached hydrogens (tertiary/aromatic N) is 6. The van der Waals surface area contributed by atoms with Crippen molar-refractivity contribution >= 4 is 17.9 Å². The van der Waals surface area contributed by atoms with Gasteiger partial charge in [0.1, 0.15) is 0 Å². The van der Waals surface area contributed by atoms with E-state index in [1.807, 2.05) is 0 Å². The molecule has 3 fully saturated rings. The molecule has 0 saturated carbocycles. The Hall–Kier alpha value is -3.99. The number of carboxylic acid groups (broad SMARTS) is 3. The van der Waals surface area contributed by atoms with E-state index in [9.17, 15) is 14.4 Å². The zero-order chi connectivity index (χ0) is 35.9. The predicted octanol–water partition coefficient (Wildman–Crippen LogP) is 3.57. The van der Waals surface area contributed by atoms with Gasteiger partial charge in [0.25, 0.3) is 0 Å². The smallest absolute Gasteiger partial charge is 0.371 e. The highest BCUT2D eigenvalue weighted by atomic mass is 16.4. The summed E-state index contributed by atoms with van der Waals surface area (Å²) in [6.07, 6.45) is 3.97. The third kappa shape index (κ3) is 18.4. The van der Waals surface area contributed by atoms with Gasteiger partial charge in [-0.2, -0.15) is 0 Å². The quantitative estimate of drug-likeness (QED) is 0.345. The van der Waals surface area contributed by atoms with Gasteiger partial charge < -0.3 is 28.6 Å². The van der Waals surface area contributed by atoms with E-state index in [0.717, 1.165) is 20.0 Å². The largest absolute Gasteiger partial charge is 0.475 e. The van der Waals surface area contributed by atoms with Crippen LogP contribution in [0.1, 0.15) is 52.4 Å². The molecule has 0 aliphatic carbocycles. The van der Waals surface area contributed by atoms with Crippen molar-refractivity contribution in [2.24, 2.45) is 0 Å². The Morgan fingerprint density at radius 1 is 0.521 bits per heavy atom. The first-order valence-electron chi connectivity index (χ1n) is 15.9. The first kappa shape index (κ1) is 42.0. The van der Waals surface area contributed by atoms with Crippen LogP contribution < -0.4 is 0 Å². The fourth-order valence-corrected chi connectivity index (χ4v) is 4.36.